The summed E-state index contributed by atoms with van der Waals surface area (Å²) in [6.07, 6.45) is 0.889. The van der Waals surface area contributed by atoms with Crippen LogP contribution in [0.15, 0.2) is 120 Å². The SMILES string of the molecule is CC[C@@H](C)NC(=O)[C@@H](Cc1ccccc1)N(Cc1ccc(F)cc1)C(=O)CN(c1ccccc1)S(=O)(=O)c1ccccc1. The smallest absolute Gasteiger partial charge is 0.264 e. The molecular formula is C34H36FN3O4S. The zero-order valence-corrected chi connectivity index (χ0v) is 25.1. The molecule has 0 unspecified atom stereocenters. The third-order valence-electron chi connectivity index (χ3n) is 7.19. The Balaban J connectivity index is 1.78. The van der Waals surface area contributed by atoms with Gasteiger partial charge in [-0.15, -0.1) is 0 Å². The van der Waals surface area contributed by atoms with E-state index in [0.717, 1.165) is 9.87 Å². The van der Waals surface area contributed by atoms with E-state index in [2.05, 4.69) is 5.32 Å². The lowest BCUT2D eigenvalue weighted by molar-refractivity contribution is -0.140. The molecule has 0 aliphatic rings. The third kappa shape index (κ3) is 8.29. The fraction of sp³-hybridized carbons (Fsp3) is 0.235. The van der Waals surface area contributed by atoms with E-state index in [4.69, 9.17) is 0 Å². The number of nitrogens with zero attached hydrogens (tertiary/aromatic N) is 2. The largest absolute Gasteiger partial charge is 0.352 e. The van der Waals surface area contributed by atoms with Gasteiger partial charge in [0, 0.05) is 19.0 Å². The lowest BCUT2D eigenvalue weighted by Crippen LogP contribution is -2.54. The average molecular weight is 602 g/mol. The van der Waals surface area contributed by atoms with Gasteiger partial charge in [-0.3, -0.25) is 13.9 Å². The number of carbonyl (C=O) groups excluding carboxylic acids is 2. The van der Waals surface area contributed by atoms with Crippen LogP contribution in [0.1, 0.15) is 31.4 Å². The van der Waals surface area contributed by atoms with Crippen molar-refractivity contribution in [3.8, 4) is 0 Å². The van der Waals surface area contributed by atoms with Crippen molar-refractivity contribution >= 4 is 27.5 Å². The molecule has 1 N–H and O–H groups in total. The molecular weight excluding hydrogens is 565 g/mol. The first-order chi connectivity index (χ1) is 20.7. The highest BCUT2D eigenvalue weighted by Gasteiger charge is 2.34. The first-order valence-corrected chi connectivity index (χ1v) is 15.6. The summed E-state index contributed by atoms with van der Waals surface area (Å²) in [6, 6.07) is 30.2. The van der Waals surface area contributed by atoms with Crippen molar-refractivity contribution in [2.45, 2.75) is 50.2 Å². The van der Waals surface area contributed by atoms with E-state index in [0.29, 0.717) is 17.7 Å². The van der Waals surface area contributed by atoms with Gasteiger partial charge in [0.1, 0.15) is 18.4 Å². The molecule has 0 aliphatic heterocycles. The highest BCUT2D eigenvalue weighted by Crippen LogP contribution is 2.25. The average Bonchev–Trinajstić information content (AvgIpc) is 3.03. The number of hydrogen-bond acceptors (Lipinski definition) is 4. The quantitative estimate of drug-likeness (QED) is 0.217. The van der Waals surface area contributed by atoms with Crippen LogP contribution in [0.5, 0.6) is 0 Å². The Morgan fingerprint density at radius 1 is 0.791 bits per heavy atom. The van der Waals surface area contributed by atoms with E-state index in [-0.39, 0.29) is 29.8 Å². The molecule has 0 saturated heterocycles. The molecule has 4 aromatic carbocycles. The number of para-hydroxylation sites is 1. The minimum atomic E-state index is -4.15. The molecule has 9 heteroatoms. The minimum Gasteiger partial charge on any atom is -0.352 e. The van der Waals surface area contributed by atoms with Crippen LogP contribution < -0.4 is 9.62 Å². The van der Waals surface area contributed by atoms with Gasteiger partial charge in [0.15, 0.2) is 0 Å². The number of nitrogens with one attached hydrogen (secondary N) is 1. The molecule has 0 spiro atoms. The van der Waals surface area contributed by atoms with Gasteiger partial charge in [-0.05, 0) is 60.9 Å². The van der Waals surface area contributed by atoms with Crippen LogP contribution in [0.3, 0.4) is 0 Å². The fourth-order valence-electron chi connectivity index (χ4n) is 4.62. The number of halogens is 1. The Hall–Kier alpha value is -4.50. The van der Waals surface area contributed by atoms with Gasteiger partial charge in [0.25, 0.3) is 10.0 Å². The summed E-state index contributed by atoms with van der Waals surface area (Å²) in [5.74, 6) is -1.36. The lowest BCUT2D eigenvalue weighted by atomic mass is 10.0. The molecule has 224 valence electrons. The second-order valence-corrected chi connectivity index (χ2v) is 12.2. The van der Waals surface area contributed by atoms with E-state index in [9.17, 15) is 22.4 Å². The number of sulfonamides is 1. The topological polar surface area (TPSA) is 86.8 Å². The zero-order valence-electron chi connectivity index (χ0n) is 24.3. The Morgan fingerprint density at radius 2 is 1.35 bits per heavy atom. The first-order valence-electron chi connectivity index (χ1n) is 14.2. The molecule has 43 heavy (non-hydrogen) atoms. The molecule has 7 nitrogen and oxygen atoms in total. The maximum absolute atomic E-state index is 14.3. The summed E-state index contributed by atoms with van der Waals surface area (Å²) in [5, 5.41) is 3.00. The maximum atomic E-state index is 14.3. The van der Waals surface area contributed by atoms with Gasteiger partial charge < -0.3 is 10.2 Å². The highest BCUT2D eigenvalue weighted by molar-refractivity contribution is 7.92. The van der Waals surface area contributed by atoms with Crippen molar-refractivity contribution in [3.05, 3.63) is 132 Å². The van der Waals surface area contributed by atoms with E-state index < -0.39 is 34.3 Å². The van der Waals surface area contributed by atoms with Crippen molar-refractivity contribution in [2.24, 2.45) is 0 Å². The van der Waals surface area contributed by atoms with E-state index >= 15 is 0 Å². The molecule has 0 radical (unpaired) electrons. The van der Waals surface area contributed by atoms with Crippen LogP contribution in [0.2, 0.25) is 0 Å². The van der Waals surface area contributed by atoms with Crippen LogP contribution in [-0.4, -0.2) is 43.8 Å². The normalized spacial score (nSPS) is 12.6. The summed E-state index contributed by atoms with van der Waals surface area (Å²) in [7, 11) is -4.15. The predicted octanol–water partition coefficient (Wildman–Crippen LogP) is 5.58. The van der Waals surface area contributed by atoms with Gasteiger partial charge in [0.2, 0.25) is 11.8 Å². The molecule has 4 rings (SSSR count). The summed E-state index contributed by atoms with van der Waals surface area (Å²) in [6.45, 7) is 3.25. The number of anilines is 1. The molecule has 0 saturated carbocycles. The van der Waals surface area contributed by atoms with Crippen molar-refractivity contribution in [2.75, 3.05) is 10.8 Å². The zero-order chi connectivity index (χ0) is 30.8. The van der Waals surface area contributed by atoms with Crippen molar-refractivity contribution < 1.29 is 22.4 Å². The maximum Gasteiger partial charge on any atom is 0.264 e. The second-order valence-electron chi connectivity index (χ2n) is 10.3. The van der Waals surface area contributed by atoms with Crippen LogP contribution in [-0.2, 0) is 32.6 Å². The minimum absolute atomic E-state index is 0.0292. The lowest BCUT2D eigenvalue weighted by Gasteiger charge is -2.34. The summed E-state index contributed by atoms with van der Waals surface area (Å²) in [4.78, 5) is 29.5. The van der Waals surface area contributed by atoms with Crippen molar-refractivity contribution in [3.63, 3.8) is 0 Å². The van der Waals surface area contributed by atoms with Crippen molar-refractivity contribution in [1.82, 2.24) is 10.2 Å². The fourth-order valence-corrected chi connectivity index (χ4v) is 6.06. The summed E-state index contributed by atoms with van der Waals surface area (Å²) in [5.41, 5.74) is 1.74. The van der Waals surface area contributed by atoms with Crippen LogP contribution in [0.25, 0.3) is 0 Å². The number of rotatable bonds is 13. The molecule has 4 aromatic rings. The molecule has 0 aromatic heterocycles. The van der Waals surface area contributed by atoms with Gasteiger partial charge in [-0.1, -0.05) is 85.8 Å². The molecule has 0 aliphatic carbocycles. The standard InChI is InChI=1S/C34H36FN3O4S/c1-3-26(2)36-34(40)32(23-27-13-7-4-8-14-27)37(24-28-19-21-29(35)22-20-28)33(39)25-38(30-15-9-5-10-16-30)43(41,42)31-17-11-6-12-18-31/h4-22,26,32H,3,23-25H2,1-2H3,(H,36,40)/t26-,32-/m1/s1. The van der Waals surface area contributed by atoms with Crippen LogP contribution in [0.4, 0.5) is 10.1 Å². The van der Waals surface area contributed by atoms with E-state index in [1.165, 1.54) is 29.2 Å². The number of amides is 2. The number of carbonyl (C=O) groups is 2. The van der Waals surface area contributed by atoms with Gasteiger partial charge >= 0.3 is 0 Å². The Labute approximate surface area is 253 Å². The van der Waals surface area contributed by atoms with Gasteiger partial charge in [0.05, 0.1) is 10.6 Å². The third-order valence-corrected chi connectivity index (χ3v) is 8.98. The molecule has 2 atom stereocenters. The highest BCUT2D eigenvalue weighted by atomic mass is 32.2. The number of benzene rings is 4. The molecule has 2 amide bonds. The van der Waals surface area contributed by atoms with Crippen LogP contribution >= 0.6 is 0 Å². The first kappa shape index (κ1) is 31.4. The Bertz CT molecular complexity index is 1590. The van der Waals surface area contributed by atoms with Crippen LogP contribution in [0, 0.1) is 5.82 Å². The van der Waals surface area contributed by atoms with E-state index in [1.54, 1.807) is 60.7 Å². The molecule has 0 bridgehead atoms. The summed E-state index contributed by atoms with van der Waals surface area (Å²) >= 11 is 0. The molecule has 0 fully saturated rings. The molecule has 0 heterocycles. The predicted molar refractivity (Wildman–Crippen MR) is 166 cm³/mol. The number of hydrogen-bond donors (Lipinski definition) is 1. The van der Waals surface area contributed by atoms with E-state index in [1.807, 2.05) is 44.2 Å². The van der Waals surface area contributed by atoms with Gasteiger partial charge in [-0.25, -0.2) is 12.8 Å². The van der Waals surface area contributed by atoms with Gasteiger partial charge in [-0.2, -0.15) is 0 Å². The monoisotopic (exact) mass is 601 g/mol. The Kier molecular flexibility index (Phi) is 10.7. The summed E-state index contributed by atoms with van der Waals surface area (Å²) < 4.78 is 42.6. The Morgan fingerprint density at radius 3 is 1.93 bits per heavy atom. The van der Waals surface area contributed by atoms with Crippen molar-refractivity contribution in [1.29, 1.82) is 0 Å². The second kappa shape index (κ2) is 14.6.